The molecule has 0 spiro atoms. The molecule has 0 saturated heterocycles. The van der Waals surface area contributed by atoms with Crippen LogP contribution in [0.5, 0.6) is 0 Å². The molecule has 0 aliphatic rings. The van der Waals surface area contributed by atoms with E-state index in [-0.39, 0.29) is 0 Å². The topological polar surface area (TPSA) is 12.9 Å². The Hall–Kier alpha value is -1.67. The van der Waals surface area contributed by atoms with Crippen LogP contribution in [0.25, 0.3) is 20.7 Å². The Labute approximate surface area is 98.4 Å². The molecular weight excluding hydrogens is 214 g/mol. The number of rotatable bonds is 1. The van der Waals surface area contributed by atoms with Crippen molar-refractivity contribution in [3.05, 3.63) is 54.2 Å². The van der Waals surface area contributed by atoms with Gasteiger partial charge >= 0.3 is 0 Å². The van der Waals surface area contributed by atoms with E-state index in [1.165, 1.54) is 15.6 Å². The number of aromatic nitrogens is 1. The van der Waals surface area contributed by atoms with Gasteiger partial charge in [0.25, 0.3) is 0 Å². The van der Waals surface area contributed by atoms with Gasteiger partial charge in [-0.25, -0.2) is 11.3 Å². The van der Waals surface area contributed by atoms with Crippen molar-refractivity contribution in [2.45, 2.75) is 6.92 Å². The third-order valence-electron chi connectivity index (χ3n) is 2.50. The van der Waals surface area contributed by atoms with E-state index in [0.717, 1.165) is 10.6 Å². The fourth-order valence-corrected chi connectivity index (χ4v) is 2.67. The van der Waals surface area contributed by atoms with Gasteiger partial charge in [-0.05, 0) is 22.6 Å². The van der Waals surface area contributed by atoms with Gasteiger partial charge in [-0.3, -0.25) is 0 Å². The molecule has 2 heterocycles. The lowest BCUT2D eigenvalue weighted by molar-refractivity contribution is 1.30. The van der Waals surface area contributed by atoms with E-state index in [2.05, 4.69) is 42.2 Å². The predicted octanol–water partition coefficient (Wildman–Crippen LogP) is 4.07. The number of hydrogen-bond donors (Lipinski definition) is 0. The number of nitrogens with zero attached hydrogens (tertiary/aromatic N) is 1. The first-order valence-electron chi connectivity index (χ1n) is 5.17. The molecule has 78 valence electrons. The van der Waals surface area contributed by atoms with E-state index in [0.29, 0.717) is 0 Å². The van der Waals surface area contributed by atoms with Crippen molar-refractivity contribution >= 4 is 21.4 Å². The van der Waals surface area contributed by atoms with Crippen LogP contribution in [0.3, 0.4) is 0 Å². The minimum Gasteiger partial charge on any atom is -0.303 e. The molecule has 0 amide bonds. The van der Waals surface area contributed by atoms with E-state index in [1.54, 1.807) is 11.3 Å². The quantitative estimate of drug-likeness (QED) is 0.568. The zero-order chi connectivity index (χ0) is 11.0. The highest BCUT2D eigenvalue weighted by molar-refractivity contribution is 7.22. The highest BCUT2D eigenvalue weighted by atomic mass is 32.1. The number of benzene rings is 1. The average Bonchev–Trinajstić information content (AvgIpc) is 2.72. The van der Waals surface area contributed by atoms with Crippen LogP contribution in [0, 0.1) is 13.0 Å². The van der Waals surface area contributed by atoms with E-state index < -0.39 is 0 Å². The number of pyridine rings is 1. The second-order valence-electron chi connectivity index (χ2n) is 3.77. The monoisotopic (exact) mass is 224 g/mol. The Morgan fingerprint density at radius 2 is 2.06 bits per heavy atom. The van der Waals surface area contributed by atoms with Gasteiger partial charge in [-0.1, -0.05) is 23.8 Å². The van der Waals surface area contributed by atoms with Crippen molar-refractivity contribution in [2.75, 3.05) is 0 Å². The highest BCUT2D eigenvalue weighted by Gasteiger charge is 1.97. The summed E-state index contributed by atoms with van der Waals surface area (Å²) in [4.78, 5) is 5.50. The molecule has 0 atom stereocenters. The maximum Gasteiger partial charge on any atom is 0.0164 e. The number of hydrogen-bond acceptors (Lipinski definition) is 2. The number of fused-ring (bicyclic) bond motifs is 1. The van der Waals surface area contributed by atoms with Crippen LogP contribution in [-0.4, -0.2) is 4.98 Å². The minimum absolute atomic E-state index is 1.02. The first-order valence-corrected chi connectivity index (χ1v) is 5.98. The third-order valence-corrected chi connectivity index (χ3v) is 3.59. The van der Waals surface area contributed by atoms with E-state index in [9.17, 15) is 0 Å². The number of aryl methyl sites for hydroxylation is 1. The summed E-state index contributed by atoms with van der Waals surface area (Å²) in [6, 6.07) is 15.8. The lowest BCUT2D eigenvalue weighted by atomic mass is 10.2. The summed E-state index contributed by atoms with van der Waals surface area (Å²) in [5.74, 6) is 0. The zero-order valence-corrected chi connectivity index (χ0v) is 9.71. The fourth-order valence-electron chi connectivity index (χ4n) is 1.69. The lowest BCUT2D eigenvalue weighted by Gasteiger charge is -2.02. The van der Waals surface area contributed by atoms with Crippen LogP contribution in [-0.2, 0) is 0 Å². The summed E-state index contributed by atoms with van der Waals surface area (Å²) in [6.07, 6.45) is 1.85. The van der Waals surface area contributed by atoms with Gasteiger partial charge in [0.2, 0.25) is 0 Å². The normalized spacial score (nSPS) is 10.8. The minimum atomic E-state index is 1.02. The maximum atomic E-state index is 4.38. The number of thiophene rings is 1. The van der Waals surface area contributed by atoms with Crippen LogP contribution in [0.15, 0.2) is 42.6 Å². The van der Waals surface area contributed by atoms with Crippen LogP contribution in [0.2, 0.25) is 0 Å². The summed E-state index contributed by atoms with van der Waals surface area (Å²) in [7, 11) is 0. The fraction of sp³-hybridized carbons (Fsp3) is 0.0714. The van der Waals surface area contributed by atoms with Crippen molar-refractivity contribution in [3.8, 4) is 10.6 Å². The molecular formula is C14H10NS-. The molecule has 3 aromatic rings. The molecule has 0 unspecified atom stereocenters. The lowest BCUT2D eigenvalue weighted by Crippen LogP contribution is -1.80. The van der Waals surface area contributed by atoms with Crippen molar-refractivity contribution in [1.29, 1.82) is 0 Å². The average molecular weight is 224 g/mol. The van der Waals surface area contributed by atoms with Crippen LogP contribution in [0.4, 0.5) is 0 Å². The summed E-state index contributed by atoms with van der Waals surface area (Å²) in [6.45, 7) is 2.08. The van der Waals surface area contributed by atoms with Crippen molar-refractivity contribution < 1.29 is 0 Å². The van der Waals surface area contributed by atoms with Gasteiger partial charge in [-0.2, -0.15) is 0 Å². The Bertz CT molecular complexity index is 607. The van der Waals surface area contributed by atoms with Crippen LogP contribution >= 0.6 is 11.3 Å². The Morgan fingerprint density at radius 1 is 1.19 bits per heavy atom. The molecule has 0 aliphatic carbocycles. The summed E-state index contributed by atoms with van der Waals surface area (Å²) >= 11 is 1.74. The van der Waals surface area contributed by atoms with Gasteiger partial charge in [0.1, 0.15) is 0 Å². The molecule has 0 radical (unpaired) electrons. The molecule has 2 aromatic heterocycles. The van der Waals surface area contributed by atoms with Gasteiger partial charge in [0.15, 0.2) is 0 Å². The Kier molecular flexibility index (Phi) is 2.22. The van der Waals surface area contributed by atoms with E-state index in [4.69, 9.17) is 0 Å². The Morgan fingerprint density at radius 3 is 2.88 bits per heavy atom. The largest absolute Gasteiger partial charge is 0.303 e. The summed E-state index contributed by atoms with van der Waals surface area (Å²) in [5, 5.41) is 1.17. The molecule has 0 N–H and O–H groups in total. The van der Waals surface area contributed by atoms with Crippen LogP contribution < -0.4 is 0 Å². The van der Waals surface area contributed by atoms with Crippen molar-refractivity contribution in [1.82, 2.24) is 4.98 Å². The second kappa shape index (κ2) is 3.72. The zero-order valence-electron chi connectivity index (χ0n) is 8.90. The molecule has 3 rings (SSSR count). The second-order valence-corrected chi connectivity index (χ2v) is 4.82. The van der Waals surface area contributed by atoms with Crippen molar-refractivity contribution in [3.63, 3.8) is 0 Å². The molecule has 0 saturated carbocycles. The van der Waals surface area contributed by atoms with Gasteiger partial charge < -0.3 is 4.98 Å². The van der Waals surface area contributed by atoms with Gasteiger partial charge in [0.05, 0.1) is 0 Å². The summed E-state index contributed by atoms with van der Waals surface area (Å²) < 4.78 is 1.26. The SMILES string of the molecule is Cc1ccnc(-c2[c-]c3ccccc3s2)c1. The molecule has 16 heavy (non-hydrogen) atoms. The molecule has 1 nitrogen and oxygen atoms in total. The first kappa shape index (κ1) is 9.55. The van der Waals surface area contributed by atoms with Gasteiger partial charge in [-0.15, -0.1) is 23.6 Å². The maximum absolute atomic E-state index is 4.38. The van der Waals surface area contributed by atoms with Crippen molar-refractivity contribution in [2.24, 2.45) is 0 Å². The third kappa shape index (κ3) is 1.61. The molecule has 1 aromatic carbocycles. The summed E-state index contributed by atoms with van der Waals surface area (Å²) in [5.41, 5.74) is 2.25. The van der Waals surface area contributed by atoms with Crippen LogP contribution in [0.1, 0.15) is 5.56 Å². The smallest absolute Gasteiger partial charge is 0.0164 e. The molecule has 2 heteroatoms. The Balaban J connectivity index is 2.19. The van der Waals surface area contributed by atoms with Gasteiger partial charge in [0, 0.05) is 11.9 Å². The molecule has 0 aliphatic heterocycles. The molecule has 0 bridgehead atoms. The standard InChI is InChI=1S/C14H10NS/c1-10-6-7-15-12(8-10)14-9-11-4-2-3-5-13(11)16-14/h2-8H,1H3/q-1. The first-order chi connectivity index (χ1) is 7.83. The van der Waals surface area contributed by atoms with E-state index >= 15 is 0 Å². The predicted molar refractivity (Wildman–Crippen MR) is 68.6 cm³/mol. The molecule has 0 fully saturated rings. The highest BCUT2D eigenvalue weighted by Crippen LogP contribution is 2.31. The van der Waals surface area contributed by atoms with E-state index in [1.807, 2.05) is 18.3 Å².